The molecule has 104 valence electrons. The standard InChI is InChI=1S/C15H22N2O2/c1-13(2)17(10-4-9-16)11-12-19-15-7-5-14(18-3)6-8-15/h5-8,13H,4,10-12H2,1-3H3. The number of benzene rings is 1. The van der Waals surface area contributed by atoms with Crippen LogP contribution in [0, 0.1) is 11.3 Å². The molecule has 0 radical (unpaired) electrons. The number of hydrogen-bond acceptors (Lipinski definition) is 4. The van der Waals surface area contributed by atoms with Crippen molar-refractivity contribution in [2.45, 2.75) is 26.3 Å². The van der Waals surface area contributed by atoms with E-state index in [9.17, 15) is 0 Å². The van der Waals surface area contributed by atoms with E-state index in [4.69, 9.17) is 14.7 Å². The van der Waals surface area contributed by atoms with Crippen LogP contribution in [0.2, 0.25) is 0 Å². The van der Waals surface area contributed by atoms with Crippen molar-refractivity contribution in [3.05, 3.63) is 24.3 Å². The van der Waals surface area contributed by atoms with E-state index < -0.39 is 0 Å². The van der Waals surface area contributed by atoms with Crippen LogP contribution in [-0.4, -0.2) is 37.7 Å². The summed E-state index contributed by atoms with van der Waals surface area (Å²) >= 11 is 0. The molecule has 0 N–H and O–H groups in total. The van der Waals surface area contributed by atoms with Crippen LogP contribution in [0.25, 0.3) is 0 Å². The van der Waals surface area contributed by atoms with Crippen molar-refractivity contribution in [2.75, 3.05) is 26.8 Å². The number of methoxy groups -OCH3 is 1. The first kappa shape index (κ1) is 15.3. The summed E-state index contributed by atoms with van der Waals surface area (Å²) in [5.41, 5.74) is 0. The van der Waals surface area contributed by atoms with Crippen LogP contribution >= 0.6 is 0 Å². The monoisotopic (exact) mass is 262 g/mol. The van der Waals surface area contributed by atoms with Gasteiger partial charge in [0.05, 0.1) is 13.2 Å². The first-order valence-corrected chi connectivity index (χ1v) is 6.55. The fraction of sp³-hybridized carbons (Fsp3) is 0.533. The van der Waals surface area contributed by atoms with E-state index in [1.807, 2.05) is 24.3 Å². The molecule has 0 bridgehead atoms. The topological polar surface area (TPSA) is 45.5 Å². The molecule has 0 spiro atoms. The quantitative estimate of drug-likeness (QED) is 0.722. The summed E-state index contributed by atoms with van der Waals surface area (Å²) in [6.45, 7) is 6.50. The van der Waals surface area contributed by atoms with Crippen molar-refractivity contribution < 1.29 is 9.47 Å². The van der Waals surface area contributed by atoms with Crippen molar-refractivity contribution >= 4 is 0 Å². The van der Waals surface area contributed by atoms with Gasteiger partial charge in [-0.05, 0) is 38.1 Å². The molecule has 1 aromatic rings. The molecule has 0 aliphatic carbocycles. The summed E-state index contributed by atoms with van der Waals surface area (Å²) < 4.78 is 10.8. The van der Waals surface area contributed by atoms with E-state index in [2.05, 4.69) is 24.8 Å². The minimum atomic E-state index is 0.424. The van der Waals surface area contributed by atoms with Crippen LogP contribution < -0.4 is 9.47 Å². The van der Waals surface area contributed by atoms with Crippen LogP contribution in [0.3, 0.4) is 0 Å². The molecule has 0 amide bonds. The highest BCUT2D eigenvalue weighted by Crippen LogP contribution is 2.16. The predicted octanol–water partition coefficient (Wildman–Crippen LogP) is 2.70. The zero-order valence-corrected chi connectivity index (χ0v) is 11.9. The normalized spacial score (nSPS) is 10.5. The first-order chi connectivity index (χ1) is 9.17. The fourth-order valence-corrected chi connectivity index (χ4v) is 1.77. The summed E-state index contributed by atoms with van der Waals surface area (Å²) in [5.74, 6) is 1.66. The van der Waals surface area contributed by atoms with Gasteiger partial charge in [0.1, 0.15) is 18.1 Å². The molecule has 0 unspecified atom stereocenters. The maximum Gasteiger partial charge on any atom is 0.119 e. The van der Waals surface area contributed by atoms with Crippen LogP contribution in [0.1, 0.15) is 20.3 Å². The highest BCUT2D eigenvalue weighted by molar-refractivity contribution is 5.31. The molecule has 0 aromatic heterocycles. The van der Waals surface area contributed by atoms with Gasteiger partial charge >= 0.3 is 0 Å². The third kappa shape index (κ3) is 5.62. The third-order valence-corrected chi connectivity index (χ3v) is 2.95. The van der Waals surface area contributed by atoms with E-state index in [-0.39, 0.29) is 0 Å². The maximum atomic E-state index is 8.63. The van der Waals surface area contributed by atoms with Gasteiger partial charge in [0.15, 0.2) is 0 Å². The average molecular weight is 262 g/mol. The third-order valence-electron chi connectivity index (χ3n) is 2.95. The van der Waals surface area contributed by atoms with Crippen LogP contribution in [0.4, 0.5) is 0 Å². The Balaban J connectivity index is 2.36. The number of rotatable bonds is 8. The van der Waals surface area contributed by atoms with Gasteiger partial charge in [-0.2, -0.15) is 5.26 Å². The van der Waals surface area contributed by atoms with Crippen LogP contribution in [-0.2, 0) is 0 Å². The van der Waals surface area contributed by atoms with Crippen LogP contribution in [0.5, 0.6) is 11.5 Å². The van der Waals surface area contributed by atoms with E-state index in [0.29, 0.717) is 19.1 Å². The van der Waals surface area contributed by atoms with E-state index in [1.165, 1.54) is 0 Å². The van der Waals surface area contributed by atoms with Gasteiger partial charge in [-0.3, -0.25) is 4.90 Å². The molecule has 0 saturated carbocycles. The first-order valence-electron chi connectivity index (χ1n) is 6.55. The molecule has 4 nitrogen and oxygen atoms in total. The van der Waals surface area contributed by atoms with Gasteiger partial charge in [-0.15, -0.1) is 0 Å². The lowest BCUT2D eigenvalue weighted by Crippen LogP contribution is -2.35. The van der Waals surface area contributed by atoms with E-state index in [0.717, 1.165) is 24.6 Å². The fourth-order valence-electron chi connectivity index (χ4n) is 1.77. The molecule has 1 aromatic carbocycles. The minimum Gasteiger partial charge on any atom is -0.497 e. The average Bonchev–Trinajstić information content (AvgIpc) is 2.43. The van der Waals surface area contributed by atoms with Gasteiger partial charge < -0.3 is 9.47 Å². The van der Waals surface area contributed by atoms with Crippen molar-refractivity contribution in [1.82, 2.24) is 4.90 Å². The molecule has 0 aliphatic heterocycles. The zero-order valence-electron chi connectivity index (χ0n) is 11.9. The Morgan fingerprint density at radius 2 is 1.79 bits per heavy atom. The van der Waals surface area contributed by atoms with Crippen LogP contribution in [0.15, 0.2) is 24.3 Å². The largest absolute Gasteiger partial charge is 0.497 e. The van der Waals surface area contributed by atoms with Crippen molar-refractivity contribution in [1.29, 1.82) is 5.26 Å². The second-order valence-electron chi connectivity index (χ2n) is 4.56. The molecule has 0 atom stereocenters. The number of hydrogen-bond donors (Lipinski definition) is 0. The van der Waals surface area contributed by atoms with E-state index >= 15 is 0 Å². The number of nitriles is 1. The second-order valence-corrected chi connectivity index (χ2v) is 4.56. The molecular weight excluding hydrogens is 240 g/mol. The van der Waals surface area contributed by atoms with E-state index in [1.54, 1.807) is 7.11 Å². The Morgan fingerprint density at radius 1 is 1.16 bits per heavy atom. The Kier molecular flexibility index (Phi) is 6.76. The van der Waals surface area contributed by atoms with Gasteiger partial charge in [-0.25, -0.2) is 0 Å². The number of ether oxygens (including phenoxy) is 2. The molecule has 0 saturated heterocycles. The maximum absolute atomic E-state index is 8.63. The lowest BCUT2D eigenvalue weighted by atomic mass is 10.3. The predicted molar refractivity (Wildman–Crippen MR) is 75.4 cm³/mol. The smallest absolute Gasteiger partial charge is 0.119 e. The highest BCUT2D eigenvalue weighted by Gasteiger charge is 2.08. The van der Waals surface area contributed by atoms with Gasteiger partial charge in [0, 0.05) is 25.6 Å². The molecule has 4 heteroatoms. The second kappa shape index (κ2) is 8.39. The summed E-state index contributed by atoms with van der Waals surface area (Å²) in [6, 6.07) is 10.2. The Labute approximate surface area is 115 Å². The lowest BCUT2D eigenvalue weighted by Gasteiger charge is -2.25. The molecular formula is C15H22N2O2. The number of nitrogens with zero attached hydrogens (tertiary/aromatic N) is 2. The minimum absolute atomic E-state index is 0.424. The van der Waals surface area contributed by atoms with Crippen molar-refractivity contribution in [3.63, 3.8) is 0 Å². The van der Waals surface area contributed by atoms with Crippen molar-refractivity contribution in [2.24, 2.45) is 0 Å². The molecule has 19 heavy (non-hydrogen) atoms. The summed E-state index contributed by atoms with van der Waals surface area (Å²) in [5, 5.41) is 8.63. The molecule has 1 rings (SSSR count). The molecule has 0 aliphatic rings. The van der Waals surface area contributed by atoms with Gasteiger partial charge in [-0.1, -0.05) is 0 Å². The Morgan fingerprint density at radius 3 is 2.32 bits per heavy atom. The Hall–Kier alpha value is -1.73. The van der Waals surface area contributed by atoms with Gasteiger partial charge in [0.2, 0.25) is 0 Å². The summed E-state index contributed by atoms with van der Waals surface area (Å²) in [7, 11) is 1.64. The summed E-state index contributed by atoms with van der Waals surface area (Å²) in [4.78, 5) is 2.24. The SMILES string of the molecule is COc1ccc(OCCN(CCC#N)C(C)C)cc1. The molecule has 0 fully saturated rings. The molecule has 0 heterocycles. The lowest BCUT2D eigenvalue weighted by molar-refractivity contribution is 0.179. The Bertz CT molecular complexity index is 396. The highest BCUT2D eigenvalue weighted by atomic mass is 16.5. The van der Waals surface area contributed by atoms with Gasteiger partial charge in [0.25, 0.3) is 0 Å². The summed E-state index contributed by atoms with van der Waals surface area (Å²) in [6.07, 6.45) is 0.556. The van der Waals surface area contributed by atoms with Crippen molar-refractivity contribution in [3.8, 4) is 17.6 Å². The zero-order chi connectivity index (χ0) is 14.1.